The van der Waals surface area contributed by atoms with E-state index in [0.717, 1.165) is 34.7 Å². The summed E-state index contributed by atoms with van der Waals surface area (Å²) < 4.78 is 55.5. The number of fused-ring (bicyclic) bond motifs is 1. The monoisotopic (exact) mass is 601 g/mol. The third-order valence-corrected chi connectivity index (χ3v) is 6.57. The first-order valence-corrected chi connectivity index (χ1v) is 13.4. The predicted molar refractivity (Wildman–Crippen MR) is 159 cm³/mol. The summed E-state index contributed by atoms with van der Waals surface area (Å²) in [4.78, 5) is 29.1. The Labute approximate surface area is 250 Å². The van der Waals surface area contributed by atoms with Crippen LogP contribution in [0.1, 0.15) is 38.9 Å². The van der Waals surface area contributed by atoms with Crippen LogP contribution in [-0.4, -0.2) is 36.8 Å². The molecule has 0 aliphatic heterocycles. The molecule has 11 heteroatoms. The molecule has 0 fully saturated rings. The van der Waals surface area contributed by atoms with Crippen molar-refractivity contribution in [2.75, 3.05) is 13.7 Å². The number of ether oxygens (including phenoxy) is 3. The highest BCUT2D eigenvalue weighted by Crippen LogP contribution is 2.35. The highest BCUT2D eigenvalue weighted by atomic mass is 19.4. The Morgan fingerprint density at radius 1 is 0.932 bits per heavy atom. The minimum Gasteiger partial charge on any atom is -0.497 e. The Kier molecular flexibility index (Phi) is 8.66. The van der Waals surface area contributed by atoms with Crippen molar-refractivity contribution in [3.8, 4) is 28.4 Å². The average Bonchev–Trinajstić information content (AvgIpc) is 3.41. The Balaban J connectivity index is 1.35. The second-order valence-corrected chi connectivity index (χ2v) is 9.46. The number of hydrazone groups is 1. The number of alkyl halides is 3. The third-order valence-electron chi connectivity index (χ3n) is 6.57. The number of benzene rings is 4. The summed E-state index contributed by atoms with van der Waals surface area (Å²) in [6, 6.07) is 23.4. The Hall–Kier alpha value is -5.58. The lowest BCUT2D eigenvalue weighted by atomic mass is 10.0. The average molecular weight is 602 g/mol. The fourth-order valence-electron chi connectivity index (χ4n) is 4.53. The zero-order valence-corrected chi connectivity index (χ0v) is 23.6. The number of methoxy groups -OCH3 is 1. The largest absolute Gasteiger partial charge is 0.497 e. The quantitative estimate of drug-likeness (QED) is 0.0803. The van der Waals surface area contributed by atoms with E-state index in [2.05, 4.69) is 15.5 Å². The number of hydrogen-bond donors (Lipinski definition) is 2. The smallest absolute Gasteiger partial charge is 0.416 e. The second-order valence-electron chi connectivity index (χ2n) is 9.46. The first kappa shape index (κ1) is 29.9. The van der Waals surface area contributed by atoms with Gasteiger partial charge in [-0.25, -0.2) is 10.2 Å². The molecule has 0 saturated heterocycles. The molecule has 224 valence electrons. The van der Waals surface area contributed by atoms with E-state index in [0.29, 0.717) is 22.6 Å². The Bertz CT molecular complexity index is 1850. The summed E-state index contributed by atoms with van der Waals surface area (Å²) in [5.74, 6) is -0.633. The van der Waals surface area contributed by atoms with Crippen LogP contribution in [0.15, 0.2) is 96.1 Å². The number of nitrogens with zero attached hydrogens (tertiary/aromatic N) is 1. The lowest BCUT2D eigenvalue weighted by Crippen LogP contribution is -2.18. The fraction of sp³-hybridized carbons (Fsp3) is 0.121. The molecule has 1 heterocycles. The maximum absolute atomic E-state index is 13.3. The Morgan fingerprint density at radius 3 is 2.45 bits per heavy atom. The van der Waals surface area contributed by atoms with Gasteiger partial charge in [0.1, 0.15) is 11.4 Å². The van der Waals surface area contributed by atoms with Crippen molar-refractivity contribution in [2.24, 2.45) is 5.10 Å². The molecule has 0 atom stereocenters. The standard InChI is InChI=1S/C33H26F3N3O5/c1-3-43-28-16-20(12-15-27(28)44-32(41)22-10-7-11-23(17-22)33(34,35)36)19-37-39-31(40)30-29(21-8-5-4-6-9-21)25-18-24(42-2)13-14-26(25)38-30/h4-19,38H,3H2,1-2H3,(H,39,40). The van der Waals surface area contributed by atoms with E-state index in [-0.39, 0.29) is 23.7 Å². The molecule has 1 aromatic heterocycles. The van der Waals surface area contributed by atoms with E-state index >= 15 is 0 Å². The molecule has 0 unspecified atom stereocenters. The summed E-state index contributed by atoms with van der Waals surface area (Å²) in [6.07, 6.45) is -3.22. The highest BCUT2D eigenvalue weighted by Gasteiger charge is 2.31. The number of aromatic nitrogens is 1. The number of nitrogens with one attached hydrogen (secondary N) is 2. The highest BCUT2D eigenvalue weighted by molar-refractivity contribution is 6.10. The SMILES string of the molecule is CCOc1cc(C=NNC(=O)c2[nH]c3ccc(OC)cc3c2-c2ccccc2)ccc1OC(=O)c1cccc(C(F)(F)F)c1. The van der Waals surface area contributed by atoms with Crippen molar-refractivity contribution in [1.29, 1.82) is 0 Å². The number of rotatable bonds is 9. The lowest BCUT2D eigenvalue weighted by molar-refractivity contribution is -0.137. The maximum atomic E-state index is 13.3. The molecule has 8 nitrogen and oxygen atoms in total. The molecule has 0 spiro atoms. The molecule has 2 N–H and O–H groups in total. The molecule has 1 amide bonds. The van der Waals surface area contributed by atoms with E-state index in [9.17, 15) is 22.8 Å². The van der Waals surface area contributed by atoms with Gasteiger partial charge in [-0.2, -0.15) is 18.3 Å². The van der Waals surface area contributed by atoms with Crippen molar-refractivity contribution in [3.05, 3.63) is 113 Å². The van der Waals surface area contributed by atoms with Crippen LogP contribution in [0.3, 0.4) is 0 Å². The van der Waals surface area contributed by atoms with Gasteiger partial charge in [-0.05, 0) is 72.6 Å². The first-order chi connectivity index (χ1) is 21.2. The van der Waals surface area contributed by atoms with Crippen molar-refractivity contribution in [1.82, 2.24) is 10.4 Å². The van der Waals surface area contributed by atoms with Gasteiger partial charge in [-0.15, -0.1) is 0 Å². The molecule has 0 aliphatic rings. The van der Waals surface area contributed by atoms with Crippen molar-refractivity contribution in [2.45, 2.75) is 13.1 Å². The van der Waals surface area contributed by atoms with Crippen molar-refractivity contribution in [3.63, 3.8) is 0 Å². The molecular formula is C33H26F3N3O5. The molecule has 0 aliphatic carbocycles. The van der Waals surface area contributed by atoms with E-state index < -0.39 is 23.6 Å². The van der Waals surface area contributed by atoms with Crippen molar-refractivity contribution < 1.29 is 37.0 Å². The molecule has 0 bridgehead atoms. The van der Waals surface area contributed by atoms with Gasteiger partial charge in [0.05, 0.1) is 31.1 Å². The number of aromatic amines is 1. The molecule has 44 heavy (non-hydrogen) atoms. The first-order valence-electron chi connectivity index (χ1n) is 13.4. The van der Waals surface area contributed by atoms with Crippen LogP contribution in [0.2, 0.25) is 0 Å². The zero-order chi connectivity index (χ0) is 31.3. The summed E-state index contributed by atoms with van der Waals surface area (Å²) >= 11 is 0. The summed E-state index contributed by atoms with van der Waals surface area (Å²) in [7, 11) is 1.57. The van der Waals surface area contributed by atoms with Crippen LogP contribution in [0.5, 0.6) is 17.2 Å². The Morgan fingerprint density at radius 2 is 1.73 bits per heavy atom. The van der Waals surface area contributed by atoms with Gasteiger partial charge in [0, 0.05) is 16.5 Å². The number of carbonyl (C=O) groups is 2. The van der Waals surface area contributed by atoms with Crippen LogP contribution in [0.4, 0.5) is 13.2 Å². The zero-order valence-electron chi connectivity index (χ0n) is 23.6. The summed E-state index contributed by atoms with van der Waals surface area (Å²) in [5, 5.41) is 4.90. The van der Waals surface area contributed by atoms with Gasteiger partial charge in [0.15, 0.2) is 11.5 Å². The van der Waals surface area contributed by atoms with Crippen LogP contribution < -0.4 is 19.6 Å². The van der Waals surface area contributed by atoms with E-state index in [1.165, 1.54) is 24.4 Å². The van der Waals surface area contributed by atoms with Crippen LogP contribution in [0.25, 0.3) is 22.0 Å². The second kappa shape index (κ2) is 12.7. The molecule has 5 aromatic rings. The van der Waals surface area contributed by atoms with Gasteiger partial charge >= 0.3 is 12.1 Å². The van der Waals surface area contributed by atoms with E-state index in [1.807, 2.05) is 42.5 Å². The van der Waals surface area contributed by atoms with Gasteiger partial charge in [-0.1, -0.05) is 36.4 Å². The molecule has 0 saturated carbocycles. The number of esters is 1. The molecule has 0 radical (unpaired) electrons. The molecule has 5 rings (SSSR count). The topological polar surface area (TPSA) is 102 Å². The minimum absolute atomic E-state index is 0.0106. The van der Waals surface area contributed by atoms with Crippen LogP contribution >= 0.6 is 0 Å². The van der Waals surface area contributed by atoms with Gasteiger partial charge in [-0.3, -0.25) is 4.79 Å². The van der Waals surface area contributed by atoms with Crippen LogP contribution in [0, 0.1) is 0 Å². The number of H-pyrrole nitrogens is 1. The third kappa shape index (κ3) is 6.57. The normalized spacial score (nSPS) is 11.5. The van der Waals surface area contributed by atoms with Gasteiger partial charge in [0.25, 0.3) is 5.91 Å². The van der Waals surface area contributed by atoms with E-state index in [1.54, 1.807) is 26.2 Å². The molecular weight excluding hydrogens is 575 g/mol. The van der Waals surface area contributed by atoms with Crippen LogP contribution in [-0.2, 0) is 6.18 Å². The van der Waals surface area contributed by atoms with Gasteiger partial charge < -0.3 is 19.2 Å². The number of amides is 1. The predicted octanol–water partition coefficient (Wildman–Crippen LogP) is 7.24. The molecule has 4 aromatic carbocycles. The van der Waals surface area contributed by atoms with Gasteiger partial charge in [0.2, 0.25) is 0 Å². The number of carbonyl (C=O) groups excluding carboxylic acids is 2. The van der Waals surface area contributed by atoms with Crippen molar-refractivity contribution >= 4 is 29.0 Å². The lowest BCUT2D eigenvalue weighted by Gasteiger charge is -2.12. The summed E-state index contributed by atoms with van der Waals surface area (Å²) in [5.41, 5.74) is 4.38. The van der Waals surface area contributed by atoms with E-state index in [4.69, 9.17) is 14.2 Å². The maximum Gasteiger partial charge on any atom is 0.416 e. The minimum atomic E-state index is -4.60. The number of hydrogen-bond acceptors (Lipinski definition) is 6. The number of halogens is 3. The summed E-state index contributed by atoms with van der Waals surface area (Å²) in [6.45, 7) is 1.94. The fourth-order valence-corrected chi connectivity index (χ4v) is 4.53.